The zero-order chi connectivity index (χ0) is 16.1. The average Bonchev–Trinajstić information content (AvgIpc) is 2.54. The van der Waals surface area contributed by atoms with E-state index >= 15 is 0 Å². The van der Waals surface area contributed by atoms with E-state index in [-0.39, 0.29) is 6.61 Å². The van der Waals surface area contributed by atoms with Crippen molar-refractivity contribution in [2.45, 2.75) is 20.1 Å². The molecule has 2 aromatic carbocycles. The van der Waals surface area contributed by atoms with Crippen LogP contribution >= 0.6 is 0 Å². The van der Waals surface area contributed by atoms with Gasteiger partial charge in [-0.25, -0.2) is 13.2 Å². The molecule has 0 aliphatic heterocycles. The van der Waals surface area contributed by atoms with Crippen LogP contribution in [0.15, 0.2) is 30.3 Å². The molecular weight excluding hydrogens is 297 g/mol. The average molecular weight is 312 g/mol. The molecule has 0 radical (unpaired) electrons. The van der Waals surface area contributed by atoms with Gasteiger partial charge in [0.15, 0.2) is 23.2 Å². The summed E-state index contributed by atoms with van der Waals surface area (Å²) in [6.07, 6.45) is 0. The monoisotopic (exact) mass is 312 g/mol. The SMILES string of the molecule is CCOc1c(F)c(COc2ccccc2)c(F)c(F)c1CO. The number of para-hydroxylation sites is 1. The third-order valence-corrected chi connectivity index (χ3v) is 3.03. The number of aliphatic hydroxyl groups is 1. The summed E-state index contributed by atoms with van der Waals surface area (Å²) in [6.45, 7) is 0.259. The highest BCUT2D eigenvalue weighted by molar-refractivity contribution is 5.41. The molecule has 0 fully saturated rings. The fraction of sp³-hybridized carbons (Fsp3) is 0.250. The molecule has 0 amide bonds. The molecule has 0 heterocycles. The summed E-state index contributed by atoms with van der Waals surface area (Å²) >= 11 is 0. The quantitative estimate of drug-likeness (QED) is 0.829. The normalized spacial score (nSPS) is 10.6. The first-order chi connectivity index (χ1) is 10.6. The Kier molecular flexibility index (Phi) is 5.27. The summed E-state index contributed by atoms with van der Waals surface area (Å²) in [7, 11) is 0. The minimum atomic E-state index is -1.39. The van der Waals surface area contributed by atoms with E-state index in [9.17, 15) is 13.2 Å². The molecule has 22 heavy (non-hydrogen) atoms. The highest BCUT2D eigenvalue weighted by Crippen LogP contribution is 2.32. The van der Waals surface area contributed by atoms with Gasteiger partial charge in [-0.1, -0.05) is 18.2 Å². The number of hydrogen-bond donors (Lipinski definition) is 1. The van der Waals surface area contributed by atoms with Gasteiger partial charge in [0, 0.05) is 0 Å². The summed E-state index contributed by atoms with van der Waals surface area (Å²) in [5.41, 5.74) is -1.12. The summed E-state index contributed by atoms with van der Waals surface area (Å²) in [5, 5.41) is 9.09. The van der Waals surface area contributed by atoms with Crippen LogP contribution < -0.4 is 9.47 Å². The van der Waals surface area contributed by atoms with Gasteiger partial charge in [0.25, 0.3) is 0 Å². The zero-order valence-corrected chi connectivity index (χ0v) is 11.9. The van der Waals surface area contributed by atoms with E-state index in [4.69, 9.17) is 14.6 Å². The number of rotatable bonds is 6. The number of halogens is 3. The molecule has 0 atom stereocenters. The second-order valence-corrected chi connectivity index (χ2v) is 4.42. The Bertz CT molecular complexity index is 645. The van der Waals surface area contributed by atoms with Gasteiger partial charge in [0.05, 0.1) is 24.3 Å². The van der Waals surface area contributed by atoms with E-state index in [2.05, 4.69) is 0 Å². The van der Waals surface area contributed by atoms with E-state index in [1.54, 1.807) is 37.3 Å². The van der Waals surface area contributed by atoms with Gasteiger partial charge in [-0.3, -0.25) is 0 Å². The van der Waals surface area contributed by atoms with Crippen LogP contribution in [-0.4, -0.2) is 11.7 Å². The van der Waals surface area contributed by atoms with Gasteiger partial charge in [-0.2, -0.15) is 0 Å². The lowest BCUT2D eigenvalue weighted by molar-refractivity contribution is 0.243. The maximum Gasteiger partial charge on any atom is 0.175 e. The number of aliphatic hydroxyl groups excluding tert-OH is 1. The summed E-state index contributed by atoms with van der Waals surface area (Å²) in [6, 6.07) is 8.37. The number of benzene rings is 2. The molecule has 0 saturated carbocycles. The fourth-order valence-electron chi connectivity index (χ4n) is 1.97. The smallest absolute Gasteiger partial charge is 0.175 e. The number of hydrogen-bond acceptors (Lipinski definition) is 3. The lowest BCUT2D eigenvalue weighted by Gasteiger charge is -2.15. The van der Waals surface area contributed by atoms with Crippen LogP contribution in [0.1, 0.15) is 18.1 Å². The Morgan fingerprint density at radius 2 is 1.55 bits per heavy atom. The van der Waals surface area contributed by atoms with Crippen LogP contribution in [0.2, 0.25) is 0 Å². The molecule has 0 aromatic heterocycles. The third kappa shape index (κ3) is 3.17. The van der Waals surface area contributed by atoms with E-state index in [1.807, 2.05) is 0 Å². The third-order valence-electron chi connectivity index (χ3n) is 3.03. The van der Waals surface area contributed by atoms with Crippen molar-refractivity contribution in [3.8, 4) is 11.5 Å². The van der Waals surface area contributed by atoms with Gasteiger partial charge < -0.3 is 14.6 Å². The second kappa shape index (κ2) is 7.17. The summed E-state index contributed by atoms with van der Waals surface area (Å²) in [4.78, 5) is 0. The van der Waals surface area contributed by atoms with Gasteiger partial charge in [-0.05, 0) is 19.1 Å². The van der Waals surface area contributed by atoms with E-state index < -0.39 is 47.5 Å². The van der Waals surface area contributed by atoms with Gasteiger partial charge in [0.2, 0.25) is 0 Å². The lowest BCUT2D eigenvalue weighted by Crippen LogP contribution is -2.11. The van der Waals surface area contributed by atoms with Gasteiger partial charge in [-0.15, -0.1) is 0 Å². The molecule has 0 unspecified atom stereocenters. The van der Waals surface area contributed by atoms with Crippen LogP contribution in [0, 0.1) is 17.5 Å². The largest absolute Gasteiger partial charge is 0.490 e. The Labute approximate surface area is 125 Å². The Morgan fingerprint density at radius 1 is 0.909 bits per heavy atom. The Hall–Kier alpha value is -2.21. The van der Waals surface area contributed by atoms with Crippen molar-refractivity contribution in [2.75, 3.05) is 6.61 Å². The maximum absolute atomic E-state index is 14.3. The molecule has 2 rings (SSSR count). The highest BCUT2D eigenvalue weighted by atomic mass is 19.2. The van der Waals surface area contributed by atoms with E-state index in [0.717, 1.165) is 0 Å². The highest BCUT2D eigenvalue weighted by Gasteiger charge is 2.26. The van der Waals surface area contributed by atoms with Crippen LogP contribution in [-0.2, 0) is 13.2 Å². The van der Waals surface area contributed by atoms with Crippen molar-refractivity contribution in [1.29, 1.82) is 0 Å². The van der Waals surface area contributed by atoms with Crippen LogP contribution in [0.3, 0.4) is 0 Å². The second-order valence-electron chi connectivity index (χ2n) is 4.42. The minimum Gasteiger partial charge on any atom is -0.490 e. The topological polar surface area (TPSA) is 38.7 Å². The van der Waals surface area contributed by atoms with E-state index in [1.165, 1.54) is 0 Å². The van der Waals surface area contributed by atoms with Crippen molar-refractivity contribution < 1.29 is 27.8 Å². The van der Waals surface area contributed by atoms with Crippen molar-refractivity contribution in [3.05, 3.63) is 58.9 Å². The molecule has 0 bridgehead atoms. The lowest BCUT2D eigenvalue weighted by atomic mass is 10.1. The predicted molar refractivity (Wildman–Crippen MR) is 74.2 cm³/mol. The van der Waals surface area contributed by atoms with Gasteiger partial charge >= 0.3 is 0 Å². The molecule has 3 nitrogen and oxygen atoms in total. The van der Waals surface area contributed by atoms with E-state index in [0.29, 0.717) is 5.75 Å². The van der Waals surface area contributed by atoms with Crippen LogP contribution in [0.4, 0.5) is 13.2 Å². The maximum atomic E-state index is 14.3. The fourth-order valence-corrected chi connectivity index (χ4v) is 1.97. The van der Waals surface area contributed by atoms with Crippen molar-refractivity contribution in [3.63, 3.8) is 0 Å². The first-order valence-corrected chi connectivity index (χ1v) is 6.69. The van der Waals surface area contributed by atoms with Crippen molar-refractivity contribution >= 4 is 0 Å². The van der Waals surface area contributed by atoms with Crippen LogP contribution in [0.5, 0.6) is 11.5 Å². The standard InChI is InChI=1S/C16H15F3O3/c1-2-21-16-11(8-20)13(17)14(18)12(15(16)19)9-22-10-6-4-3-5-7-10/h3-7,20H,2,8-9H2,1H3. The first kappa shape index (κ1) is 16.2. The molecule has 118 valence electrons. The molecule has 0 aliphatic carbocycles. The Balaban J connectivity index is 2.38. The minimum absolute atomic E-state index is 0.0496. The molecule has 0 spiro atoms. The number of ether oxygens (including phenoxy) is 2. The van der Waals surface area contributed by atoms with Gasteiger partial charge in [0.1, 0.15) is 12.4 Å². The Morgan fingerprint density at radius 3 is 2.14 bits per heavy atom. The summed E-state index contributed by atoms with van der Waals surface area (Å²) < 4.78 is 52.5. The molecule has 1 N–H and O–H groups in total. The molecule has 2 aromatic rings. The zero-order valence-electron chi connectivity index (χ0n) is 11.9. The molecular formula is C16H15F3O3. The molecule has 6 heteroatoms. The van der Waals surface area contributed by atoms with Crippen LogP contribution in [0.25, 0.3) is 0 Å². The summed E-state index contributed by atoms with van der Waals surface area (Å²) in [5.74, 6) is -3.89. The first-order valence-electron chi connectivity index (χ1n) is 6.69. The van der Waals surface area contributed by atoms with Crippen molar-refractivity contribution in [1.82, 2.24) is 0 Å². The predicted octanol–water partition coefficient (Wildman–Crippen LogP) is 3.57. The van der Waals surface area contributed by atoms with Crippen molar-refractivity contribution in [2.24, 2.45) is 0 Å². The molecule has 0 aliphatic rings. The molecule has 0 saturated heterocycles.